The molecule has 0 aromatic heterocycles. The van der Waals surface area contributed by atoms with Gasteiger partial charge in [-0.25, -0.2) is 0 Å². The van der Waals surface area contributed by atoms with Gasteiger partial charge in [-0.3, -0.25) is 15.1 Å². The lowest BCUT2D eigenvalue weighted by atomic mass is 10.00. The fourth-order valence-corrected chi connectivity index (χ4v) is 1.22. The summed E-state index contributed by atoms with van der Waals surface area (Å²) in [4.78, 5) is 13.8. The minimum atomic E-state index is -0.444. The Labute approximate surface area is 69.6 Å². The van der Waals surface area contributed by atoms with Crippen molar-refractivity contribution in [2.45, 2.75) is 13.3 Å². The van der Waals surface area contributed by atoms with Gasteiger partial charge in [-0.1, -0.05) is 0 Å². The van der Waals surface area contributed by atoms with Crippen molar-refractivity contribution in [1.82, 2.24) is 0 Å². The van der Waals surface area contributed by atoms with Crippen LogP contribution in [-0.2, 0) is 0 Å². The summed E-state index contributed by atoms with van der Waals surface area (Å²) in [6.07, 6.45) is 1.64. The Morgan fingerprint density at radius 1 is 1.83 bits per heavy atom. The number of hydrogen-bond donors (Lipinski definition) is 1. The lowest BCUT2D eigenvalue weighted by molar-refractivity contribution is -0.431. The average Bonchev–Trinajstić information content (AvgIpc) is 2.34. The van der Waals surface area contributed by atoms with E-state index < -0.39 is 4.92 Å². The molecule has 1 aliphatic heterocycles. The third-order valence-corrected chi connectivity index (χ3v) is 1.89. The zero-order valence-corrected chi connectivity index (χ0v) is 6.73. The summed E-state index contributed by atoms with van der Waals surface area (Å²) in [5.41, 5.74) is 0.789. The molecule has 0 aliphatic carbocycles. The predicted molar refractivity (Wildman–Crippen MR) is 43.4 cm³/mol. The van der Waals surface area contributed by atoms with Crippen LogP contribution in [0.2, 0.25) is 0 Å². The van der Waals surface area contributed by atoms with Gasteiger partial charge in [0.25, 0.3) is 5.70 Å². The minimum absolute atomic E-state index is 0.0529. The summed E-state index contributed by atoms with van der Waals surface area (Å²) in [5, 5.41) is 19.1. The average molecular weight is 170 g/mol. The van der Waals surface area contributed by atoms with Crippen molar-refractivity contribution in [3.8, 4) is 0 Å². The van der Waals surface area contributed by atoms with E-state index in [2.05, 4.69) is 4.99 Å². The Kier molecular flexibility index (Phi) is 2.54. The summed E-state index contributed by atoms with van der Waals surface area (Å²) in [6, 6.07) is 0. The Balaban J connectivity index is 2.74. The van der Waals surface area contributed by atoms with Gasteiger partial charge in [0.1, 0.15) is 6.20 Å². The smallest absolute Gasteiger partial charge is 0.273 e. The number of nitrogens with zero attached hydrogens (tertiary/aromatic N) is 2. The molecule has 0 bridgehead atoms. The zero-order valence-electron chi connectivity index (χ0n) is 6.73. The number of hydrogen-bond acceptors (Lipinski definition) is 4. The molecule has 1 aliphatic rings. The monoisotopic (exact) mass is 170 g/mol. The molecule has 5 nitrogen and oxygen atoms in total. The van der Waals surface area contributed by atoms with Gasteiger partial charge in [0.05, 0.1) is 10.8 Å². The van der Waals surface area contributed by atoms with Crippen molar-refractivity contribution in [2.75, 3.05) is 6.61 Å². The summed E-state index contributed by atoms with van der Waals surface area (Å²) < 4.78 is 0. The van der Waals surface area contributed by atoms with Gasteiger partial charge in [0, 0.05) is 12.3 Å². The second kappa shape index (κ2) is 3.44. The van der Waals surface area contributed by atoms with Crippen LogP contribution in [0.1, 0.15) is 13.3 Å². The predicted octanol–water partition coefficient (Wildman–Crippen LogP) is 0.578. The Morgan fingerprint density at radius 3 is 3.00 bits per heavy atom. The molecule has 0 aromatic carbocycles. The maximum atomic E-state index is 10.4. The molecule has 66 valence electrons. The van der Waals surface area contributed by atoms with E-state index in [-0.39, 0.29) is 18.2 Å². The molecule has 0 saturated heterocycles. The molecular weight excluding hydrogens is 160 g/mol. The van der Waals surface area contributed by atoms with Crippen molar-refractivity contribution in [2.24, 2.45) is 10.9 Å². The molecule has 0 fully saturated rings. The fourth-order valence-electron chi connectivity index (χ4n) is 1.22. The van der Waals surface area contributed by atoms with E-state index in [1.54, 1.807) is 6.92 Å². The second-order valence-corrected chi connectivity index (χ2v) is 2.65. The normalized spacial score (nSPS) is 22.0. The van der Waals surface area contributed by atoms with E-state index in [0.29, 0.717) is 12.1 Å². The zero-order chi connectivity index (χ0) is 9.14. The largest absolute Gasteiger partial charge is 0.396 e. The van der Waals surface area contributed by atoms with Crippen molar-refractivity contribution >= 4 is 5.71 Å². The van der Waals surface area contributed by atoms with Crippen LogP contribution in [0.3, 0.4) is 0 Å². The SMILES string of the molecule is CC1=NC=C([N+](=O)[O-])C1CCO. The van der Waals surface area contributed by atoms with E-state index in [9.17, 15) is 10.1 Å². The van der Waals surface area contributed by atoms with Crippen LogP contribution in [0.5, 0.6) is 0 Å². The standard InChI is InChI=1S/C7H10N2O3/c1-5-6(2-3-10)7(4-8-5)9(11)12/h4,6,10H,2-3H2,1H3. The fraction of sp³-hybridized carbons (Fsp3) is 0.571. The summed E-state index contributed by atoms with van der Waals surface area (Å²) in [5.74, 6) is -0.301. The molecular formula is C7H10N2O3. The van der Waals surface area contributed by atoms with Crippen molar-refractivity contribution in [3.63, 3.8) is 0 Å². The number of aliphatic hydroxyl groups is 1. The molecule has 0 spiro atoms. The van der Waals surface area contributed by atoms with E-state index in [4.69, 9.17) is 5.11 Å². The molecule has 1 rings (SSSR count). The molecule has 12 heavy (non-hydrogen) atoms. The highest BCUT2D eigenvalue weighted by Crippen LogP contribution is 2.23. The molecule has 1 N–H and O–H groups in total. The van der Waals surface area contributed by atoms with E-state index in [1.807, 2.05) is 0 Å². The van der Waals surface area contributed by atoms with E-state index in [1.165, 1.54) is 6.20 Å². The van der Waals surface area contributed by atoms with Gasteiger partial charge in [-0.15, -0.1) is 0 Å². The molecule has 1 unspecified atom stereocenters. The van der Waals surface area contributed by atoms with Crippen molar-refractivity contribution in [3.05, 3.63) is 22.0 Å². The third kappa shape index (κ3) is 1.50. The lowest BCUT2D eigenvalue weighted by Crippen LogP contribution is -2.16. The maximum absolute atomic E-state index is 10.4. The Morgan fingerprint density at radius 2 is 2.50 bits per heavy atom. The minimum Gasteiger partial charge on any atom is -0.396 e. The number of aliphatic imine (C=N–C) groups is 1. The number of rotatable bonds is 3. The Bertz CT molecular complexity index is 257. The first-order chi connectivity index (χ1) is 5.66. The highest BCUT2D eigenvalue weighted by molar-refractivity contribution is 5.88. The topological polar surface area (TPSA) is 75.7 Å². The number of allylic oxidation sites excluding steroid dienone is 1. The summed E-state index contributed by atoms with van der Waals surface area (Å²) >= 11 is 0. The Hall–Kier alpha value is -1.23. The highest BCUT2D eigenvalue weighted by Gasteiger charge is 2.30. The van der Waals surface area contributed by atoms with Crippen LogP contribution in [0.15, 0.2) is 16.9 Å². The molecule has 0 amide bonds. The van der Waals surface area contributed by atoms with Gasteiger partial charge >= 0.3 is 0 Å². The third-order valence-electron chi connectivity index (χ3n) is 1.89. The molecule has 0 saturated carbocycles. The number of nitro groups is 1. The van der Waals surface area contributed by atoms with Crippen LogP contribution in [-0.4, -0.2) is 22.3 Å². The molecule has 1 atom stereocenters. The van der Waals surface area contributed by atoms with Crippen LogP contribution in [0.25, 0.3) is 0 Å². The first-order valence-corrected chi connectivity index (χ1v) is 3.66. The van der Waals surface area contributed by atoms with Crippen LogP contribution in [0.4, 0.5) is 0 Å². The van der Waals surface area contributed by atoms with Crippen molar-refractivity contribution in [1.29, 1.82) is 0 Å². The number of aliphatic hydroxyl groups excluding tert-OH is 1. The van der Waals surface area contributed by atoms with Crippen LogP contribution >= 0.6 is 0 Å². The second-order valence-electron chi connectivity index (χ2n) is 2.65. The molecule has 1 heterocycles. The first-order valence-electron chi connectivity index (χ1n) is 3.66. The highest BCUT2D eigenvalue weighted by atomic mass is 16.6. The van der Waals surface area contributed by atoms with Crippen LogP contribution < -0.4 is 0 Å². The quantitative estimate of drug-likeness (QED) is 0.497. The van der Waals surface area contributed by atoms with Gasteiger partial charge in [0.15, 0.2) is 0 Å². The summed E-state index contributed by atoms with van der Waals surface area (Å²) in [7, 11) is 0. The van der Waals surface area contributed by atoms with E-state index in [0.717, 1.165) is 0 Å². The first kappa shape index (κ1) is 8.86. The van der Waals surface area contributed by atoms with Gasteiger partial charge in [-0.05, 0) is 13.3 Å². The molecule has 0 radical (unpaired) electrons. The lowest BCUT2D eigenvalue weighted by Gasteiger charge is -2.06. The maximum Gasteiger partial charge on any atom is 0.273 e. The van der Waals surface area contributed by atoms with Crippen LogP contribution in [0, 0.1) is 16.0 Å². The van der Waals surface area contributed by atoms with Gasteiger partial charge < -0.3 is 5.11 Å². The van der Waals surface area contributed by atoms with Gasteiger partial charge in [-0.2, -0.15) is 0 Å². The van der Waals surface area contributed by atoms with E-state index >= 15 is 0 Å². The summed E-state index contributed by atoms with van der Waals surface area (Å²) in [6.45, 7) is 1.68. The van der Waals surface area contributed by atoms with Crippen molar-refractivity contribution < 1.29 is 10.0 Å². The molecule has 0 aromatic rings. The van der Waals surface area contributed by atoms with Gasteiger partial charge in [0.2, 0.25) is 0 Å². The molecule has 5 heteroatoms.